The van der Waals surface area contributed by atoms with Crippen molar-refractivity contribution < 1.29 is 13.9 Å². The maximum absolute atomic E-state index is 13.6. The minimum Gasteiger partial charge on any atom is -0.481 e. The summed E-state index contributed by atoms with van der Waals surface area (Å²) in [6.45, 7) is 0.649. The van der Waals surface area contributed by atoms with E-state index in [2.05, 4.69) is 15.4 Å². The number of hydrogen-bond acceptors (Lipinski definition) is 5. The smallest absolute Gasteiger partial charge is 0.264 e. The van der Waals surface area contributed by atoms with Crippen LogP contribution < -0.4 is 15.6 Å². The predicted octanol–water partition coefficient (Wildman–Crippen LogP) is 3.13. The predicted molar refractivity (Wildman–Crippen MR) is 130 cm³/mol. The van der Waals surface area contributed by atoms with E-state index in [4.69, 9.17) is 4.74 Å². The highest BCUT2D eigenvalue weighted by Crippen LogP contribution is 2.19. The van der Waals surface area contributed by atoms with Crippen molar-refractivity contribution in [2.75, 3.05) is 13.2 Å². The second kappa shape index (κ2) is 9.76. The third-order valence-electron chi connectivity index (χ3n) is 5.68. The first kappa shape index (κ1) is 22.3. The first-order chi connectivity index (χ1) is 17.1. The molecule has 5 aromatic rings. The lowest BCUT2D eigenvalue weighted by Gasteiger charge is -2.10. The molecule has 0 atom stereocenters. The van der Waals surface area contributed by atoms with E-state index in [1.54, 1.807) is 21.4 Å². The Morgan fingerprint density at radius 1 is 1.00 bits per heavy atom. The Labute approximate surface area is 199 Å². The van der Waals surface area contributed by atoms with E-state index >= 15 is 0 Å². The lowest BCUT2D eigenvalue weighted by atomic mass is 10.0. The van der Waals surface area contributed by atoms with Crippen LogP contribution in [0.1, 0.15) is 5.56 Å². The Balaban J connectivity index is 1.24. The third kappa shape index (κ3) is 4.74. The summed E-state index contributed by atoms with van der Waals surface area (Å²) >= 11 is 0. The number of rotatable bonds is 8. The maximum Gasteiger partial charge on any atom is 0.264 e. The summed E-state index contributed by atoms with van der Waals surface area (Å²) in [5.74, 6) is -0.902. The normalized spacial score (nSPS) is 11.1. The number of ether oxygens (including phenoxy) is 1. The first-order valence-electron chi connectivity index (χ1n) is 11.1. The van der Waals surface area contributed by atoms with E-state index in [0.717, 1.165) is 16.3 Å². The van der Waals surface area contributed by atoms with Gasteiger partial charge in [-0.15, -0.1) is 0 Å². The van der Waals surface area contributed by atoms with Crippen LogP contribution >= 0.6 is 0 Å². The molecular weight excluding hydrogens is 449 g/mol. The van der Waals surface area contributed by atoms with E-state index in [0.29, 0.717) is 24.1 Å². The van der Waals surface area contributed by atoms with Crippen molar-refractivity contribution >= 4 is 27.7 Å². The number of para-hydroxylation sites is 1. The molecule has 1 N–H and O–H groups in total. The van der Waals surface area contributed by atoms with Gasteiger partial charge in [0.1, 0.15) is 11.7 Å². The second-order valence-corrected chi connectivity index (χ2v) is 7.99. The standard InChI is InChI=1S/C26H22FN5O3/c27-22-10-3-4-11-23(22)35-16-24(33)28-12-13-32-25-21(14-30-32)26(34)31(17-29-25)15-19-8-5-7-18-6-1-2-9-20(18)19/h1-11,14,17H,12-13,15-16H2,(H,28,33). The molecule has 0 aliphatic carbocycles. The fourth-order valence-corrected chi connectivity index (χ4v) is 3.94. The van der Waals surface area contributed by atoms with Crippen molar-refractivity contribution in [3.8, 4) is 5.75 Å². The Morgan fingerprint density at radius 3 is 2.69 bits per heavy atom. The van der Waals surface area contributed by atoms with Gasteiger partial charge in [0.25, 0.3) is 11.5 Å². The van der Waals surface area contributed by atoms with Crippen LogP contribution in [0, 0.1) is 5.82 Å². The highest BCUT2D eigenvalue weighted by atomic mass is 19.1. The zero-order valence-corrected chi connectivity index (χ0v) is 18.7. The Morgan fingerprint density at radius 2 is 1.80 bits per heavy atom. The number of nitrogens with one attached hydrogen (secondary N) is 1. The summed E-state index contributed by atoms with van der Waals surface area (Å²) in [6, 6.07) is 19.9. The largest absolute Gasteiger partial charge is 0.481 e. The van der Waals surface area contributed by atoms with E-state index < -0.39 is 11.7 Å². The van der Waals surface area contributed by atoms with Crippen LogP contribution in [0.3, 0.4) is 0 Å². The number of amides is 1. The van der Waals surface area contributed by atoms with Crippen LogP contribution in [0.15, 0.2) is 84.0 Å². The molecule has 0 fully saturated rings. The maximum atomic E-state index is 13.6. The van der Waals surface area contributed by atoms with Crippen LogP contribution in [0.25, 0.3) is 21.8 Å². The number of carbonyl (C=O) groups is 1. The fraction of sp³-hybridized carbons (Fsp3) is 0.154. The van der Waals surface area contributed by atoms with Gasteiger partial charge in [0.05, 0.1) is 19.3 Å². The molecule has 0 radical (unpaired) electrons. The summed E-state index contributed by atoms with van der Waals surface area (Å²) in [4.78, 5) is 29.5. The van der Waals surface area contributed by atoms with Gasteiger partial charge in [0, 0.05) is 6.54 Å². The molecule has 2 aromatic heterocycles. The van der Waals surface area contributed by atoms with Crippen molar-refractivity contribution in [3.63, 3.8) is 0 Å². The van der Waals surface area contributed by atoms with Gasteiger partial charge in [0.2, 0.25) is 0 Å². The van der Waals surface area contributed by atoms with Gasteiger partial charge in [-0.1, -0.05) is 54.6 Å². The summed E-state index contributed by atoms with van der Waals surface area (Å²) in [5.41, 5.74) is 1.29. The lowest BCUT2D eigenvalue weighted by Crippen LogP contribution is -2.32. The quantitative estimate of drug-likeness (QED) is 0.376. The van der Waals surface area contributed by atoms with E-state index in [-0.39, 0.29) is 24.5 Å². The minimum atomic E-state index is -0.527. The number of aromatic nitrogens is 4. The Bertz CT molecular complexity index is 1570. The van der Waals surface area contributed by atoms with Crippen LogP contribution in [-0.2, 0) is 17.9 Å². The minimum absolute atomic E-state index is 0.0182. The molecule has 0 unspecified atom stereocenters. The second-order valence-electron chi connectivity index (χ2n) is 7.99. The van der Waals surface area contributed by atoms with Gasteiger partial charge >= 0.3 is 0 Å². The number of hydrogen-bond donors (Lipinski definition) is 1. The Kier molecular flexibility index (Phi) is 6.21. The monoisotopic (exact) mass is 471 g/mol. The number of halogens is 1. The fourth-order valence-electron chi connectivity index (χ4n) is 3.94. The first-order valence-corrected chi connectivity index (χ1v) is 11.1. The summed E-state index contributed by atoms with van der Waals surface area (Å²) in [5, 5.41) is 9.56. The van der Waals surface area contributed by atoms with Crippen LogP contribution in [0.5, 0.6) is 5.75 Å². The SMILES string of the molecule is O=C(COc1ccccc1F)NCCn1ncc2c(=O)n(Cc3cccc4ccccc34)cnc21. The van der Waals surface area contributed by atoms with Crippen molar-refractivity contribution in [3.05, 3.63) is 101 Å². The highest BCUT2D eigenvalue weighted by molar-refractivity contribution is 5.85. The van der Waals surface area contributed by atoms with Gasteiger partial charge in [0.15, 0.2) is 23.8 Å². The molecule has 0 aliphatic rings. The molecule has 2 heterocycles. The molecular formula is C26H22FN5O3. The average Bonchev–Trinajstić information content (AvgIpc) is 3.29. The molecule has 0 bridgehead atoms. The molecule has 176 valence electrons. The molecule has 1 amide bonds. The molecule has 5 rings (SSSR count). The van der Waals surface area contributed by atoms with Gasteiger partial charge in [-0.3, -0.25) is 14.2 Å². The van der Waals surface area contributed by atoms with Gasteiger partial charge in [-0.05, 0) is 28.5 Å². The van der Waals surface area contributed by atoms with Crippen LogP contribution in [-0.4, -0.2) is 38.4 Å². The molecule has 0 aliphatic heterocycles. The Hall–Kier alpha value is -4.53. The van der Waals surface area contributed by atoms with Crippen LogP contribution in [0.4, 0.5) is 4.39 Å². The average molecular weight is 471 g/mol. The third-order valence-corrected chi connectivity index (χ3v) is 5.68. The van der Waals surface area contributed by atoms with Crippen molar-refractivity contribution in [2.24, 2.45) is 0 Å². The molecule has 9 heteroatoms. The topological polar surface area (TPSA) is 91.0 Å². The van der Waals surface area contributed by atoms with Crippen molar-refractivity contribution in [2.45, 2.75) is 13.1 Å². The summed E-state index contributed by atoms with van der Waals surface area (Å²) in [7, 11) is 0. The number of benzene rings is 3. The molecule has 0 spiro atoms. The van der Waals surface area contributed by atoms with Crippen molar-refractivity contribution in [1.29, 1.82) is 0 Å². The number of carbonyl (C=O) groups excluding carboxylic acids is 1. The zero-order chi connectivity index (χ0) is 24.2. The van der Waals surface area contributed by atoms with E-state index in [9.17, 15) is 14.0 Å². The summed E-state index contributed by atoms with van der Waals surface area (Å²) < 4.78 is 21.9. The van der Waals surface area contributed by atoms with E-state index in [1.165, 1.54) is 24.7 Å². The van der Waals surface area contributed by atoms with Crippen molar-refractivity contribution in [1.82, 2.24) is 24.6 Å². The molecule has 8 nitrogen and oxygen atoms in total. The highest BCUT2D eigenvalue weighted by Gasteiger charge is 2.12. The molecule has 0 saturated carbocycles. The van der Waals surface area contributed by atoms with Gasteiger partial charge in [-0.2, -0.15) is 5.10 Å². The van der Waals surface area contributed by atoms with Gasteiger partial charge in [-0.25, -0.2) is 14.1 Å². The van der Waals surface area contributed by atoms with Crippen LogP contribution in [0.2, 0.25) is 0 Å². The molecule has 3 aromatic carbocycles. The number of fused-ring (bicyclic) bond motifs is 2. The summed E-state index contributed by atoms with van der Waals surface area (Å²) in [6.07, 6.45) is 3.01. The lowest BCUT2D eigenvalue weighted by molar-refractivity contribution is -0.123. The molecule has 0 saturated heterocycles. The van der Waals surface area contributed by atoms with E-state index in [1.807, 2.05) is 42.5 Å². The molecule has 35 heavy (non-hydrogen) atoms. The van der Waals surface area contributed by atoms with Gasteiger partial charge < -0.3 is 10.1 Å². The number of nitrogens with zero attached hydrogens (tertiary/aromatic N) is 4. The zero-order valence-electron chi connectivity index (χ0n) is 18.7.